The lowest BCUT2D eigenvalue weighted by Crippen LogP contribution is -1.87. The van der Waals surface area contributed by atoms with Gasteiger partial charge in [0.25, 0.3) is 5.89 Å². The summed E-state index contributed by atoms with van der Waals surface area (Å²) >= 11 is 5.86. The van der Waals surface area contributed by atoms with Crippen LogP contribution in [0, 0.1) is 0 Å². The third-order valence-corrected chi connectivity index (χ3v) is 2.65. The molecular weight excluding hydrogens is 240 g/mol. The Balaban J connectivity index is 2.27. The molecule has 0 amide bonds. The van der Waals surface area contributed by atoms with Gasteiger partial charge in [-0.3, -0.25) is 0 Å². The summed E-state index contributed by atoms with van der Waals surface area (Å²) in [6.45, 7) is 2.10. The highest BCUT2D eigenvalue weighted by Crippen LogP contribution is 2.30. The maximum Gasteiger partial charge on any atom is 0.261 e. The number of nitrogens with zero attached hydrogens (tertiary/aromatic N) is 2. The van der Waals surface area contributed by atoms with Crippen molar-refractivity contribution in [2.75, 3.05) is 0 Å². The highest BCUT2D eigenvalue weighted by molar-refractivity contribution is 6.30. The number of benzene rings is 1. The van der Waals surface area contributed by atoms with Gasteiger partial charge in [0, 0.05) is 11.4 Å². The molecule has 0 radical (unpaired) electrons. The van der Waals surface area contributed by atoms with Gasteiger partial charge in [-0.2, -0.15) is 4.98 Å². The van der Waals surface area contributed by atoms with Gasteiger partial charge in [-0.1, -0.05) is 30.1 Å². The Hall–Kier alpha value is -1.55. The van der Waals surface area contributed by atoms with Crippen LogP contribution in [0.3, 0.4) is 0 Å². The van der Waals surface area contributed by atoms with Crippen molar-refractivity contribution in [1.29, 1.82) is 0 Å². The molecule has 0 fully saturated rings. The number of aryl methyl sites for hydroxylation is 1. The van der Waals surface area contributed by atoms with E-state index in [-0.39, 0.29) is 5.75 Å². The summed E-state index contributed by atoms with van der Waals surface area (Å²) in [6, 6.07) is 4.72. The minimum absolute atomic E-state index is 0.0834. The van der Waals surface area contributed by atoms with E-state index in [1.807, 2.05) is 0 Å². The first kappa shape index (κ1) is 11.9. The summed E-state index contributed by atoms with van der Waals surface area (Å²) in [5.74, 6) is 1.04. The van der Waals surface area contributed by atoms with E-state index in [0.29, 0.717) is 22.3 Å². The molecule has 0 aliphatic rings. The van der Waals surface area contributed by atoms with E-state index < -0.39 is 0 Å². The van der Waals surface area contributed by atoms with Crippen molar-refractivity contribution in [1.82, 2.24) is 10.1 Å². The second kappa shape index (κ2) is 5.19. The van der Waals surface area contributed by atoms with Crippen molar-refractivity contribution in [2.24, 2.45) is 0 Å². The predicted molar refractivity (Wildman–Crippen MR) is 65.0 cm³/mol. The van der Waals surface area contributed by atoms with Crippen LogP contribution in [0.5, 0.6) is 5.75 Å². The number of phenols is 1. The molecule has 90 valence electrons. The molecule has 0 atom stereocenters. The Morgan fingerprint density at radius 3 is 3.00 bits per heavy atom. The molecule has 1 aromatic carbocycles. The molecule has 1 heterocycles. The van der Waals surface area contributed by atoms with E-state index in [1.54, 1.807) is 12.1 Å². The van der Waals surface area contributed by atoms with Crippen LogP contribution in [0.1, 0.15) is 25.6 Å². The minimum Gasteiger partial charge on any atom is -0.507 e. The number of aromatic nitrogens is 2. The van der Waals surface area contributed by atoms with Gasteiger partial charge in [-0.25, -0.2) is 0 Å². The molecule has 1 aromatic heterocycles. The normalized spacial score (nSPS) is 10.7. The number of phenolic OH excluding ortho intramolecular Hbond substituents is 1. The number of halogens is 1. The summed E-state index contributed by atoms with van der Waals surface area (Å²) in [7, 11) is 0. The van der Waals surface area contributed by atoms with E-state index in [1.165, 1.54) is 6.07 Å². The maximum atomic E-state index is 9.69. The Kier molecular flexibility index (Phi) is 3.64. The standard InChI is InChI=1S/C12H13ClN2O2/c1-2-3-4-11-14-12(17-15-11)9-7-8(13)5-6-10(9)16/h5-7,16H,2-4H2,1H3. The van der Waals surface area contributed by atoms with Crippen LogP contribution in [0.25, 0.3) is 11.5 Å². The molecule has 0 aliphatic carbocycles. The van der Waals surface area contributed by atoms with E-state index in [4.69, 9.17) is 16.1 Å². The molecule has 17 heavy (non-hydrogen) atoms. The SMILES string of the molecule is CCCCc1noc(-c2cc(Cl)ccc2O)n1. The summed E-state index contributed by atoms with van der Waals surface area (Å²) in [4.78, 5) is 4.22. The summed E-state index contributed by atoms with van der Waals surface area (Å²) in [5.41, 5.74) is 0.466. The largest absolute Gasteiger partial charge is 0.507 e. The first-order chi connectivity index (χ1) is 8.20. The smallest absolute Gasteiger partial charge is 0.261 e. The Morgan fingerprint density at radius 1 is 1.41 bits per heavy atom. The first-order valence-corrected chi connectivity index (χ1v) is 5.90. The summed E-state index contributed by atoms with van der Waals surface area (Å²) in [5, 5.41) is 14.1. The third-order valence-electron chi connectivity index (χ3n) is 2.41. The van der Waals surface area contributed by atoms with Gasteiger partial charge in [-0.05, 0) is 24.6 Å². The van der Waals surface area contributed by atoms with Gasteiger partial charge in [-0.15, -0.1) is 0 Å². The zero-order valence-electron chi connectivity index (χ0n) is 9.48. The minimum atomic E-state index is 0.0834. The van der Waals surface area contributed by atoms with Gasteiger partial charge in [0.2, 0.25) is 0 Å². The van der Waals surface area contributed by atoms with Gasteiger partial charge in [0.05, 0.1) is 5.56 Å². The van der Waals surface area contributed by atoms with Gasteiger partial charge >= 0.3 is 0 Å². The highest BCUT2D eigenvalue weighted by atomic mass is 35.5. The van der Waals surface area contributed by atoms with E-state index in [9.17, 15) is 5.11 Å². The van der Waals surface area contributed by atoms with Gasteiger partial charge in [0.15, 0.2) is 5.82 Å². The molecule has 0 bridgehead atoms. The maximum absolute atomic E-state index is 9.69. The van der Waals surface area contributed by atoms with Gasteiger partial charge < -0.3 is 9.63 Å². The number of unbranched alkanes of at least 4 members (excludes halogenated alkanes) is 1. The molecule has 1 N–H and O–H groups in total. The van der Waals surface area contributed by atoms with Crippen LogP contribution >= 0.6 is 11.6 Å². The topological polar surface area (TPSA) is 59.2 Å². The van der Waals surface area contributed by atoms with Crippen LogP contribution in [-0.2, 0) is 6.42 Å². The van der Waals surface area contributed by atoms with Crippen LogP contribution < -0.4 is 0 Å². The second-order valence-corrected chi connectivity index (χ2v) is 4.22. The molecule has 4 nitrogen and oxygen atoms in total. The third kappa shape index (κ3) is 2.77. The molecule has 2 rings (SSSR count). The second-order valence-electron chi connectivity index (χ2n) is 3.78. The van der Waals surface area contributed by atoms with Crippen molar-refractivity contribution in [3.8, 4) is 17.2 Å². The molecule has 5 heteroatoms. The summed E-state index contributed by atoms with van der Waals surface area (Å²) < 4.78 is 5.10. The lowest BCUT2D eigenvalue weighted by Gasteiger charge is -1.98. The highest BCUT2D eigenvalue weighted by Gasteiger charge is 2.13. The lowest BCUT2D eigenvalue weighted by molar-refractivity contribution is 0.416. The van der Waals surface area contributed by atoms with Crippen LogP contribution in [-0.4, -0.2) is 15.2 Å². The molecule has 0 spiro atoms. The van der Waals surface area contributed by atoms with Crippen LogP contribution in [0.15, 0.2) is 22.7 Å². The van der Waals surface area contributed by atoms with Crippen molar-refractivity contribution in [3.05, 3.63) is 29.0 Å². The fourth-order valence-corrected chi connectivity index (χ4v) is 1.65. The van der Waals surface area contributed by atoms with E-state index in [0.717, 1.165) is 19.3 Å². The Bertz CT molecular complexity index is 511. The Labute approximate surface area is 104 Å². The lowest BCUT2D eigenvalue weighted by atomic mass is 10.2. The molecule has 0 aliphatic heterocycles. The van der Waals surface area contributed by atoms with Crippen LogP contribution in [0.2, 0.25) is 5.02 Å². The Morgan fingerprint density at radius 2 is 2.24 bits per heavy atom. The first-order valence-electron chi connectivity index (χ1n) is 5.52. The molecule has 2 aromatic rings. The van der Waals surface area contributed by atoms with E-state index in [2.05, 4.69) is 17.1 Å². The summed E-state index contributed by atoms with van der Waals surface area (Å²) in [6.07, 6.45) is 2.87. The van der Waals surface area contributed by atoms with Crippen molar-refractivity contribution in [2.45, 2.75) is 26.2 Å². The number of aromatic hydroxyl groups is 1. The quantitative estimate of drug-likeness (QED) is 0.906. The number of hydrogen-bond donors (Lipinski definition) is 1. The average Bonchev–Trinajstić information content (AvgIpc) is 2.78. The molecular formula is C12H13ClN2O2. The monoisotopic (exact) mass is 252 g/mol. The molecule has 0 unspecified atom stereocenters. The van der Waals surface area contributed by atoms with Crippen molar-refractivity contribution >= 4 is 11.6 Å². The van der Waals surface area contributed by atoms with Crippen molar-refractivity contribution < 1.29 is 9.63 Å². The van der Waals surface area contributed by atoms with E-state index >= 15 is 0 Å². The van der Waals surface area contributed by atoms with Gasteiger partial charge in [0.1, 0.15) is 5.75 Å². The zero-order chi connectivity index (χ0) is 12.3. The van der Waals surface area contributed by atoms with Crippen LogP contribution in [0.4, 0.5) is 0 Å². The molecule has 0 saturated heterocycles. The average molecular weight is 253 g/mol. The predicted octanol–water partition coefficient (Wildman–Crippen LogP) is 3.44. The van der Waals surface area contributed by atoms with Crippen molar-refractivity contribution in [3.63, 3.8) is 0 Å². The molecule has 0 saturated carbocycles. The number of rotatable bonds is 4. The number of hydrogen-bond acceptors (Lipinski definition) is 4. The zero-order valence-corrected chi connectivity index (χ0v) is 10.2. The fraction of sp³-hybridized carbons (Fsp3) is 0.333. The fourth-order valence-electron chi connectivity index (χ4n) is 1.48.